The van der Waals surface area contributed by atoms with E-state index in [4.69, 9.17) is 18.9 Å². The molecular weight excluding hydrogens is 412 g/mol. The number of nitrogens with zero attached hydrogens (tertiary/aromatic N) is 2. The monoisotopic (exact) mass is 438 g/mol. The summed E-state index contributed by atoms with van der Waals surface area (Å²) in [6.07, 6.45) is 0. The molecule has 168 valence electrons. The van der Waals surface area contributed by atoms with E-state index in [1.54, 1.807) is 30.3 Å². The highest BCUT2D eigenvalue weighted by atomic mass is 16.5. The quantitative estimate of drug-likeness (QED) is 0.615. The van der Waals surface area contributed by atoms with Crippen molar-refractivity contribution in [1.29, 1.82) is 0 Å². The number of morpholine rings is 1. The van der Waals surface area contributed by atoms with Gasteiger partial charge in [0.2, 0.25) is 0 Å². The fourth-order valence-corrected chi connectivity index (χ4v) is 3.94. The zero-order valence-electron chi connectivity index (χ0n) is 18.4. The van der Waals surface area contributed by atoms with Crippen LogP contribution in [0.4, 0.5) is 5.69 Å². The van der Waals surface area contributed by atoms with Crippen molar-refractivity contribution in [3.8, 4) is 17.2 Å². The molecule has 0 radical (unpaired) electrons. The standard InChI is InChI=1S/C24H26N2O6/c1-4-32-18-8-5-16(6-9-18)21-22(25-11-13-31-14-12-25)24(28)26(23(21)27)17-7-10-19(29-2)20(15-17)30-3/h5-10,15H,4,11-14H2,1-3H3. The minimum absolute atomic E-state index is 0.368. The van der Waals surface area contributed by atoms with Gasteiger partial charge in [0.15, 0.2) is 11.5 Å². The summed E-state index contributed by atoms with van der Waals surface area (Å²) < 4.78 is 21.6. The van der Waals surface area contributed by atoms with Crippen molar-refractivity contribution < 1.29 is 28.5 Å². The van der Waals surface area contributed by atoms with Gasteiger partial charge in [0.05, 0.1) is 45.3 Å². The summed E-state index contributed by atoms with van der Waals surface area (Å²) in [4.78, 5) is 30.3. The van der Waals surface area contributed by atoms with Gasteiger partial charge < -0.3 is 23.8 Å². The fourth-order valence-electron chi connectivity index (χ4n) is 3.94. The number of hydrogen-bond acceptors (Lipinski definition) is 7. The van der Waals surface area contributed by atoms with Crippen molar-refractivity contribution in [3.63, 3.8) is 0 Å². The number of rotatable bonds is 7. The fraction of sp³-hybridized carbons (Fsp3) is 0.333. The molecule has 0 saturated carbocycles. The zero-order valence-corrected chi connectivity index (χ0v) is 18.4. The Kier molecular flexibility index (Phi) is 6.32. The third-order valence-corrected chi connectivity index (χ3v) is 5.47. The molecule has 1 saturated heterocycles. The molecule has 0 atom stereocenters. The first-order valence-electron chi connectivity index (χ1n) is 10.5. The van der Waals surface area contributed by atoms with Gasteiger partial charge in [0.25, 0.3) is 11.8 Å². The van der Waals surface area contributed by atoms with Crippen molar-refractivity contribution in [1.82, 2.24) is 4.90 Å². The van der Waals surface area contributed by atoms with Gasteiger partial charge in [-0.3, -0.25) is 9.59 Å². The Balaban J connectivity index is 1.78. The highest BCUT2D eigenvalue weighted by Gasteiger charge is 2.43. The number of imide groups is 1. The van der Waals surface area contributed by atoms with Crippen LogP contribution in [0.25, 0.3) is 5.57 Å². The summed E-state index contributed by atoms with van der Waals surface area (Å²) in [5, 5.41) is 0. The molecule has 0 aliphatic carbocycles. The predicted molar refractivity (Wildman–Crippen MR) is 119 cm³/mol. The minimum Gasteiger partial charge on any atom is -0.494 e. The molecule has 2 aromatic carbocycles. The van der Waals surface area contributed by atoms with E-state index < -0.39 is 0 Å². The molecule has 0 spiro atoms. The van der Waals surface area contributed by atoms with E-state index in [0.29, 0.717) is 72.7 Å². The van der Waals surface area contributed by atoms with Crippen LogP contribution in [0.15, 0.2) is 48.2 Å². The Labute approximate surface area is 186 Å². The lowest BCUT2D eigenvalue weighted by atomic mass is 10.0. The number of carbonyl (C=O) groups excluding carboxylic acids is 2. The summed E-state index contributed by atoms with van der Waals surface area (Å²) >= 11 is 0. The smallest absolute Gasteiger partial charge is 0.282 e. The highest BCUT2D eigenvalue weighted by Crippen LogP contribution is 2.38. The number of benzene rings is 2. The molecule has 2 aliphatic rings. The molecule has 8 nitrogen and oxygen atoms in total. The first-order chi connectivity index (χ1) is 15.6. The lowest BCUT2D eigenvalue weighted by Gasteiger charge is -2.29. The number of methoxy groups -OCH3 is 2. The molecule has 0 aromatic heterocycles. The summed E-state index contributed by atoms with van der Waals surface area (Å²) in [5.74, 6) is 0.913. The van der Waals surface area contributed by atoms with Crippen LogP contribution >= 0.6 is 0 Å². The number of amides is 2. The molecule has 0 bridgehead atoms. The topological polar surface area (TPSA) is 77.5 Å². The van der Waals surface area contributed by atoms with Crippen molar-refractivity contribution in [2.24, 2.45) is 0 Å². The highest BCUT2D eigenvalue weighted by molar-refractivity contribution is 6.45. The molecule has 4 rings (SSSR count). The number of hydrogen-bond donors (Lipinski definition) is 0. The minimum atomic E-state index is -0.382. The molecular formula is C24H26N2O6. The first kappa shape index (κ1) is 21.7. The predicted octanol–water partition coefficient (Wildman–Crippen LogP) is 2.72. The van der Waals surface area contributed by atoms with Gasteiger partial charge in [-0.15, -0.1) is 0 Å². The Morgan fingerprint density at radius 1 is 0.906 bits per heavy atom. The molecule has 0 unspecified atom stereocenters. The van der Waals surface area contributed by atoms with E-state index in [0.717, 1.165) is 0 Å². The number of carbonyl (C=O) groups is 2. The van der Waals surface area contributed by atoms with Gasteiger partial charge in [-0.2, -0.15) is 0 Å². The van der Waals surface area contributed by atoms with Crippen molar-refractivity contribution in [3.05, 3.63) is 53.7 Å². The second-order valence-corrected chi connectivity index (χ2v) is 7.27. The second-order valence-electron chi connectivity index (χ2n) is 7.27. The van der Waals surface area contributed by atoms with Crippen LogP contribution in [-0.2, 0) is 14.3 Å². The number of anilines is 1. The largest absolute Gasteiger partial charge is 0.494 e. The van der Waals surface area contributed by atoms with Gasteiger partial charge in [-0.25, -0.2) is 4.90 Å². The van der Waals surface area contributed by atoms with Crippen molar-refractivity contribution in [2.45, 2.75) is 6.92 Å². The van der Waals surface area contributed by atoms with Crippen molar-refractivity contribution in [2.75, 3.05) is 52.0 Å². The van der Waals surface area contributed by atoms with E-state index in [9.17, 15) is 9.59 Å². The van der Waals surface area contributed by atoms with Crippen LogP contribution in [0.3, 0.4) is 0 Å². The summed E-state index contributed by atoms with van der Waals surface area (Å²) in [5.41, 5.74) is 1.84. The Hall–Kier alpha value is -3.52. The molecule has 2 amide bonds. The lowest BCUT2D eigenvalue weighted by molar-refractivity contribution is -0.121. The molecule has 0 N–H and O–H groups in total. The van der Waals surface area contributed by atoms with Gasteiger partial charge in [-0.1, -0.05) is 12.1 Å². The zero-order chi connectivity index (χ0) is 22.7. The number of ether oxygens (including phenoxy) is 4. The van der Waals surface area contributed by atoms with E-state index in [2.05, 4.69) is 0 Å². The van der Waals surface area contributed by atoms with Crippen LogP contribution in [0.5, 0.6) is 17.2 Å². The van der Waals surface area contributed by atoms with Crippen LogP contribution in [0.2, 0.25) is 0 Å². The van der Waals surface area contributed by atoms with Crippen LogP contribution < -0.4 is 19.1 Å². The van der Waals surface area contributed by atoms with Crippen LogP contribution in [0.1, 0.15) is 12.5 Å². The van der Waals surface area contributed by atoms with E-state index in [1.165, 1.54) is 19.1 Å². The van der Waals surface area contributed by atoms with Crippen molar-refractivity contribution >= 4 is 23.1 Å². The maximum Gasteiger partial charge on any atom is 0.282 e. The second kappa shape index (κ2) is 9.32. The normalized spacial score (nSPS) is 16.6. The summed E-state index contributed by atoms with van der Waals surface area (Å²) in [6, 6.07) is 12.2. The Morgan fingerprint density at radius 2 is 1.59 bits per heavy atom. The maximum absolute atomic E-state index is 13.6. The van der Waals surface area contributed by atoms with Gasteiger partial charge in [-0.05, 0) is 36.8 Å². The maximum atomic E-state index is 13.6. The van der Waals surface area contributed by atoms with Gasteiger partial charge in [0, 0.05) is 19.2 Å². The van der Waals surface area contributed by atoms with Gasteiger partial charge in [0.1, 0.15) is 11.4 Å². The molecule has 32 heavy (non-hydrogen) atoms. The van der Waals surface area contributed by atoms with Crippen LogP contribution in [0, 0.1) is 0 Å². The van der Waals surface area contributed by atoms with E-state index >= 15 is 0 Å². The molecule has 8 heteroatoms. The summed E-state index contributed by atoms with van der Waals surface area (Å²) in [7, 11) is 3.05. The molecule has 2 aromatic rings. The third-order valence-electron chi connectivity index (χ3n) is 5.47. The molecule has 2 heterocycles. The van der Waals surface area contributed by atoms with Gasteiger partial charge >= 0.3 is 0 Å². The average molecular weight is 438 g/mol. The van der Waals surface area contributed by atoms with E-state index in [1.807, 2.05) is 24.0 Å². The van der Waals surface area contributed by atoms with E-state index in [-0.39, 0.29) is 11.8 Å². The summed E-state index contributed by atoms with van der Waals surface area (Å²) in [6.45, 7) is 4.53. The Morgan fingerprint density at radius 3 is 2.22 bits per heavy atom. The molecule has 2 aliphatic heterocycles. The Bertz CT molecular complexity index is 1040. The van der Waals surface area contributed by atoms with Crippen LogP contribution in [-0.4, -0.2) is 63.8 Å². The SMILES string of the molecule is CCOc1ccc(C2=C(N3CCOCC3)C(=O)N(c3ccc(OC)c(OC)c3)C2=O)cc1. The lowest BCUT2D eigenvalue weighted by Crippen LogP contribution is -2.40. The third kappa shape index (κ3) is 3.89. The first-order valence-corrected chi connectivity index (χ1v) is 10.5. The average Bonchev–Trinajstić information content (AvgIpc) is 3.09. The molecule has 1 fully saturated rings.